The number of amides is 2. The molecule has 4 rings (SSSR count). The van der Waals surface area contributed by atoms with E-state index in [2.05, 4.69) is 27.3 Å². The fourth-order valence-corrected chi connectivity index (χ4v) is 4.20. The molecule has 7 nitrogen and oxygen atoms in total. The van der Waals surface area contributed by atoms with Crippen LogP contribution in [-0.4, -0.2) is 24.0 Å². The van der Waals surface area contributed by atoms with Gasteiger partial charge in [0.15, 0.2) is 16.6 Å². The lowest BCUT2D eigenvalue weighted by molar-refractivity contribution is -0.122. The molecule has 0 saturated carbocycles. The minimum atomic E-state index is -0.664. The number of nitrogens with one attached hydrogen (secondary N) is 1. The van der Waals surface area contributed by atoms with Gasteiger partial charge in [-0.25, -0.2) is 4.39 Å². The van der Waals surface area contributed by atoms with E-state index in [1.165, 1.54) is 37.5 Å². The highest BCUT2D eigenvalue weighted by atomic mass is 79.9. The molecule has 0 unspecified atom stereocenters. The van der Waals surface area contributed by atoms with Gasteiger partial charge in [-0.15, -0.1) is 0 Å². The van der Waals surface area contributed by atoms with Gasteiger partial charge in [-0.2, -0.15) is 5.26 Å². The Bertz CT molecular complexity index is 1450. The standard InChI is InChI=1S/C26H17BrFN3O4S/c1-34-22-11-17(21(27)12-23(22)35-14-16-5-3-2-4-15(16)13-29)10-20-24(32)30-26(36)31(25(20)33)19-8-6-18(28)7-9-19/h2-12H,14H2,1H3,(H,30,32,36)/b20-10+. The topological polar surface area (TPSA) is 91.7 Å². The number of nitriles is 1. The molecule has 1 aliphatic heterocycles. The van der Waals surface area contributed by atoms with Crippen LogP contribution in [-0.2, 0) is 16.2 Å². The first-order valence-electron chi connectivity index (χ1n) is 10.5. The fourth-order valence-electron chi connectivity index (χ4n) is 3.48. The van der Waals surface area contributed by atoms with E-state index in [0.717, 1.165) is 4.90 Å². The van der Waals surface area contributed by atoms with Crippen molar-refractivity contribution in [3.63, 3.8) is 0 Å². The van der Waals surface area contributed by atoms with Crippen LogP contribution in [0.2, 0.25) is 0 Å². The zero-order valence-electron chi connectivity index (χ0n) is 18.7. The van der Waals surface area contributed by atoms with Crippen LogP contribution in [0.3, 0.4) is 0 Å². The molecule has 1 fully saturated rings. The Balaban J connectivity index is 1.65. The number of rotatable bonds is 6. The maximum Gasteiger partial charge on any atom is 0.270 e. The van der Waals surface area contributed by atoms with Crippen LogP contribution < -0.4 is 19.7 Å². The highest BCUT2D eigenvalue weighted by Crippen LogP contribution is 2.36. The highest BCUT2D eigenvalue weighted by molar-refractivity contribution is 9.10. The molecule has 1 N–H and O–H groups in total. The van der Waals surface area contributed by atoms with Crippen molar-refractivity contribution in [2.75, 3.05) is 12.0 Å². The molecule has 0 atom stereocenters. The summed E-state index contributed by atoms with van der Waals surface area (Å²) in [5.74, 6) is -1.04. The number of hydrogen-bond donors (Lipinski definition) is 1. The van der Waals surface area contributed by atoms with E-state index in [-0.39, 0.29) is 17.3 Å². The molecule has 3 aromatic carbocycles. The van der Waals surface area contributed by atoms with Crippen molar-refractivity contribution in [2.45, 2.75) is 6.61 Å². The molecule has 0 radical (unpaired) electrons. The lowest BCUT2D eigenvalue weighted by Crippen LogP contribution is -2.54. The summed E-state index contributed by atoms with van der Waals surface area (Å²) in [5, 5.41) is 11.7. The number of hydrogen-bond acceptors (Lipinski definition) is 6. The first-order valence-corrected chi connectivity index (χ1v) is 11.7. The normalized spacial score (nSPS) is 14.4. The monoisotopic (exact) mass is 565 g/mol. The highest BCUT2D eigenvalue weighted by Gasteiger charge is 2.34. The SMILES string of the molecule is COc1cc(/C=C2\C(=O)NC(=S)N(c3ccc(F)cc3)C2=O)c(Br)cc1OCc1ccccc1C#N. The van der Waals surface area contributed by atoms with E-state index < -0.39 is 17.6 Å². The summed E-state index contributed by atoms with van der Waals surface area (Å²) in [6.45, 7) is 0.137. The zero-order valence-corrected chi connectivity index (χ0v) is 21.2. The van der Waals surface area contributed by atoms with Crippen LogP contribution in [0.15, 0.2) is 70.7 Å². The second kappa shape index (κ2) is 10.7. The molecule has 10 heteroatoms. The summed E-state index contributed by atoms with van der Waals surface area (Å²) in [6, 6.07) is 17.6. The van der Waals surface area contributed by atoms with Crippen molar-refractivity contribution in [3.8, 4) is 17.6 Å². The molecular weight excluding hydrogens is 549 g/mol. The number of thiocarbonyl (C=S) groups is 1. The van der Waals surface area contributed by atoms with Gasteiger partial charge in [-0.3, -0.25) is 19.8 Å². The number of anilines is 1. The van der Waals surface area contributed by atoms with Gasteiger partial charge in [0, 0.05) is 10.0 Å². The van der Waals surface area contributed by atoms with E-state index in [1.807, 2.05) is 6.07 Å². The Kier molecular flexibility index (Phi) is 7.43. The largest absolute Gasteiger partial charge is 0.493 e. The quantitative estimate of drug-likeness (QED) is 0.260. The number of benzene rings is 3. The smallest absolute Gasteiger partial charge is 0.270 e. The third kappa shape index (κ3) is 5.12. The summed E-state index contributed by atoms with van der Waals surface area (Å²) in [6.07, 6.45) is 1.40. The number of halogens is 2. The second-order valence-corrected chi connectivity index (χ2v) is 8.76. The van der Waals surface area contributed by atoms with E-state index in [9.17, 15) is 19.2 Å². The molecule has 2 amide bonds. The van der Waals surface area contributed by atoms with Crippen molar-refractivity contribution >= 4 is 56.8 Å². The van der Waals surface area contributed by atoms with E-state index in [0.29, 0.717) is 38.3 Å². The van der Waals surface area contributed by atoms with Crippen LogP contribution in [0.25, 0.3) is 6.08 Å². The summed E-state index contributed by atoms with van der Waals surface area (Å²) in [4.78, 5) is 27.0. The lowest BCUT2D eigenvalue weighted by atomic mass is 10.1. The molecule has 0 bridgehead atoms. The van der Waals surface area contributed by atoms with Gasteiger partial charge < -0.3 is 9.47 Å². The Hall–Kier alpha value is -4.07. The summed E-state index contributed by atoms with van der Waals surface area (Å²) in [5.41, 5.74) is 1.83. The summed E-state index contributed by atoms with van der Waals surface area (Å²) < 4.78 is 25.2. The fraction of sp³-hybridized carbons (Fsp3) is 0.0769. The van der Waals surface area contributed by atoms with Crippen LogP contribution in [0.5, 0.6) is 11.5 Å². The first kappa shape index (κ1) is 25.0. The predicted octanol–water partition coefficient (Wildman–Crippen LogP) is 4.88. The molecule has 3 aromatic rings. The average molecular weight is 566 g/mol. The molecule has 36 heavy (non-hydrogen) atoms. The molecule has 0 aliphatic carbocycles. The van der Waals surface area contributed by atoms with E-state index in [4.69, 9.17) is 21.7 Å². The van der Waals surface area contributed by atoms with Crippen LogP contribution in [0.4, 0.5) is 10.1 Å². The molecule has 1 aliphatic rings. The van der Waals surface area contributed by atoms with Gasteiger partial charge in [0.25, 0.3) is 11.8 Å². The van der Waals surface area contributed by atoms with Gasteiger partial charge in [-0.05, 0) is 66.3 Å². The Morgan fingerprint density at radius 1 is 1.14 bits per heavy atom. The zero-order chi connectivity index (χ0) is 25.8. The van der Waals surface area contributed by atoms with Crippen LogP contribution >= 0.6 is 28.1 Å². The Morgan fingerprint density at radius 2 is 1.86 bits per heavy atom. The minimum absolute atomic E-state index is 0.105. The van der Waals surface area contributed by atoms with Gasteiger partial charge in [0.1, 0.15) is 18.0 Å². The van der Waals surface area contributed by atoms with Gasteiger partial charge in [0.05, 0.1) is 24.4 Å². The van der Waals surface area contributed by atoms with Gasteiger partial charge >= 0.3 is 0 Å². The maximum atomic E-state index is 13.4. The van der Waals surface area contributed by atoms with Crippen molar-refractivity contribution in [1.82, 2.24) is 5.32 Å². The second-order valence-electron chi connectivity index (χ2n) is 7.52. The van der Waals surface area contributed by atoms with Crippen LogP contribution in [0.1, 0.15) is 16.7 Å². The molecule has 1 heterocycles. The average Bonchev–Trinajstić information content (AvgIpc) is 2.87. The number of methoxy groups -OCH3 is 1. The number of carbonyl (C=O) groups is 2. The summed E-state index contributed by atoms with van der Waals surface area (Å²) >= 11 is 8.62. The molecule has 0 aromatic heterocycles. The number of ether oxygens (including phenoxy) is 2. The third-order valence-corrected chi connectivity index (χ3v) is 6.26. The first-order chi connectivity index (χ1) is 17.3. The number of nitrogens with zero attached hydrogens (tertiary/aromatic N) is 2. The lowest BCUT2D eigenvalue weighted by Gasteiger charge is -2.29. The summed E-state index contributed by atoms with van der Waals surface area (Å²) in [7, 11) is 1.46. The molecule has 180 valence electrons. The van der Waals surface area contributed by atoms with Gasteiger partial charge in [0.2, 0.25) is 0 Å². The van der Waals surface area contributed by atoms with Crippen molar-refractivity contribution in [2.24, 2.45) is 0 Å². The van der Waals surface area contributed by atoms with Crippen molar-refractivity contribution in [1.29, 1.82) is 5.26 Å². The van der Waals surface area contributed by atoms with Gasteiger partial charge in [-0.1, -0.05) is 34.1 Å². The molecule has 0 spiro atoms. The molecular formula is C26H17BrFN3O4S. The maximum absolute atomic E-state index is 13.4. The van der Waals surface area contributed by atoms with Crippen molar-refractivity contribution < 1.29 is 23.5 Å². The molecule has 1 saturated heterocycles. The Morgan fingerprint density at radius 3 is 2.56 bits per heavy atom. The Labute approximate surface area is 219 Å². The van der Waals surface area contributed by atoms with E-state index in [1.54, 1.807) is 30.3 Å². The third-order valence-electron chi connectivity index (χ3n) is 5.29. The van der Waals surface area contributed by atoms with Crippen molar-refractivity contribution in [3.05, 3.63) is 93.2 Å². The van der Waals surface area contributed by atoms with Crippen LogP contribution in [0, 0.1) is 17.1 Å². The minimum Gasteiger partial charge on any atom is -0.493 e. The van der Waals surface area contributed by atoms with E-state index >= 15 is 0 Å². The predicted molar refractivity (Wildman–Crippen MR) is 139 cm³/mol. The number of carbonyl (C=O) groups excluding carboxylic acids is 2.